The second-order valence-electron chi connectivity index (χ2n) is 4.69. The van der Waals surface area contributed by atoms with Crippen LogP contribution in [-0.2, 0) is 4.74 Å². The van der Waals surface area contributed by atoms with Crippen LogP contribution in [-0.4, -0.2) is 43.9 Å². The Kier molecular flexibility index (Phi) is 6.16. The smallest absolute Gasteiger partial charge is 0.411 e. The first kappa shape index (κ1) is 18.2. The molecular formula is C15H15F3N2O3S. The summed E-state index contributed by atoms with van der Waals surface area (Å²) in [7, 11) is 1.57. The lowest BCUT2D eigenvalue weighted by atomic mass is 10.2. The Labute approximate surface area is 140 Å². The summed E-state index contributed by atoms with van der Waals surface area (Å²) in [5.41, 5.74) is 1.05. The van der Waals surface area contributed by atoms with Crippen molar-refractivity contribution < 1.29 is 27.4 Å². The SMILES string of the molecule is COc1ccc(-c2nc(C(=O)NCCOCC(F)(F)F)cs2)cc1. The number of hydrogen-bond donors (Lipinski definition) is 1. The Morgan fingerprint density at radius 3 is 2.62 bits per heavy atom. The van der Waals surface area contributed by atoms with Crippen LogP contribution in [0.25, 0.3) is 10.6 Å². The van der Waals surface area contributed by atoms with Crippen molar-refractivity contribution in [2.75, 3.05) is 26.9 Å². The highest BCUT2D eigenvalue weighted by atomic mass is 32.1. The first-order valence-corrected chi connectivity index (χ1v) is 7.79. The maximum Gasteiger partial charge on any atom is 0.411 e. The van der Waals surface area contributed by atoms with Gasteiger partial charge in [0.15, 0.2) is 0 Å². The fourth-order valence-electron chi connectivity index (χ4n) is 1.76. The zero-order chi connectivity index (χ0) is 17.6. The summed E-state index contributed by atoms with van der Waals surface area (Å²) < 4.78 is 45.1. The second kappa shape index (κ2) is 8.11. The number of benzene rings is 1. The van der Waals surface area contributed by atoms with E-state index in [4.69, 9.17) is 4.74 Å². The standard InChI is InChI=1S/C15H15F3N2O3S/c1-22-11-4-2-10(3-5-11)14-20-12(8-24-14)13(21)19-6-7-23-9-15(16,17)18/h2-5,8H,6-7,9H2,1H3,(H,19,21). The minimum Gasteiger partial charge on any atom is -0.497 e. The predicted molar refractivity (Wildman–Crippen MR) is 83.3 cm³/mol. The number of carbonyl (C=O) groups excluding carboxylic acids is 1. The van der Waals surface area contributed by atoms with E-state index in [1.807, 2.05) is 12.1 Å². The zero-order valence-corrected chi connectivity index (χ0v) is 13.5. The van der Waals surface area contributed by atoms with E-state index < -0.39 is 18.7 Å². The number of rotatable bonds is 7. The third-order valence-corrected chi connectivity index (χ3v) is 3.76. The molecule has 0 unspecified atom stereocenters. The number of thiazole rings is 1. The maximum atomic E-state index is 11.9. The molecule has 0 spiro atoms. The molecule has 2 aromatic rings. The molecule has 0 saturated heterocycles. The first-order valence-electron chi connectivity index (χ1n) is 6.91. The highest BCUT2D eigenvalue weighted by molar-refractivity contribution is 7.13. The molecule has 1 N–H and O–H groups in total. The van der Waals surface area contributed by atoms with Crippen LogP contribution in [0.15, 0.2) is 29.6 Å². The lowest BCUT2D eigenvalue weighted by Gasteiger charge is -2.07. The fourth-order valence-corrected chi connectivity index (χ4v) is 2.57. The second-order valence-corrected chi connectivity index (χ2v) is 5.55. The molecular weight excluding hydrogens is 345 g/mol. The molecule has 2 rings (SSSR count). The lowest BCUT2D eigenvalue weighted by Crippen LogP contribution is -2.29. The quantitative estimate of drug-likeness (QED) is 0.771. The van der Waals surface area contributed by atoms with Gasteiger partial charge in [-0.2, -0.15) is 13.2 Å². The number of nitrogens with zero attached hydrogens (tertiary/aromatic N) is 1. The Morgan fingerprint density at radius 2 is 2.00 bits per heavy atom. The molecule has 0 fully saturated rings. The molecule has 24 heavy (non-hydrogen) atoms. The van der Waals surface area contributed by atoms with Crippen molar-refractivity contribution in [2.45, 2.75) is 6.18 Å². The molecule has 0 radical (unpaired) electrons. The number of aromatic nitrogens is 1. The molecule has 1 amide bonds. The van der Waals surface area contributed by atoms with E-state index in [-0.39, 0.29) is 18.8 Å². The van der Waals surface area contributed by atoms with Crippen molar-refractivity contribution in [2.24, 2.45) is 0 Å². The molecule has 5 nitrogen and oxygen atoms in total. The minimum atomic E-state index is -4.37. The van der Waals surface area contributed by atoms with Gasteiger partial charge < -0.3 is 14.8 Å². The summed E-state index contributed by atoms with van der Waals surface area (Å²) in [5.74, 6) is 0.258. The van der Waals surface area contributed by atoms with Gasteiger partial charge in [-0.25, -0.2) is 4.98 Å². The molecule has 1 aromatic carbocycles. The molecule has 0 bridgehead atoms. The molecule has 0 atom stereocenters. The van der Waals surface area contributed by atoms with Crippen LogP contribution in [0, 0.1) is 0 Å². The Hall–Kier alpha value is -2.13. The van der Waals surface area contributed by atoms with Gasteiger partial charge in [0.2, 0.25) is 0 Å². The van der Waals surface area contributed by atoms with Crippen LogP contribution in [0.3, 0.4) is 0 Å². The molecule has 130 valence electrons. The van der Waals surface area contributed by atoms with Crippen LogP contribution in [0.2, 0.25) is 0 Å². The Morgan fingerprint density at radius 1 is 1.29 bits per heavy atom. The van der Waals surface area contributed by atoms with E-state index in [0.29, 0.717) is 10.8 Å². The van der Waals surface area contributed by atoms with Gasteiger partial charge in [0.05, 0.1) is 13.7 Å². The van der Waals surface area contributed by atoms with Crippen LogP contribution in [0.5, 0.6) is 5.75 Å². The van der Waals surface area contributed by atoms with Crippen LogP contribution in [0.4, 0.5) is 13.2 Å². The average molecular weight is 360 g/mol. The first-order chi connectivity index (χ1) is 11.4. The van der Waals surface area contributed by atoms with Crippen molar-refractivity contribution in [1.82, 2.24) is 10.3 Å². The topological polar surface area (TPSA) is 60.5 Å². The third-order valence-electron chi connectivity index (χ3n) is 2.87. The maximum absolute atomic E-state index is 11.9. The van der Waals surface area contributed by atoms with Gasteiger partial charge in [-0.3, -0.25) is 4.79 Å². The van der Waals surface area contributed by atoms with Gasteiger partial charge in [-0.05, 0) is 24.3 Å². The molecule has 0 aliphatic heterocycles. The monoisotopic (exact) mass is 360 g/mol. The third kappa shape index (κ3) is 5.50. The van der Waals surface area contributed by atoms with Crippen molar-refractivity contribution in [3.8, 4) is 16.3 Å². The molecule has 9 heteroatoms. The average Bonchev–Trinajstić information content (AvgIpc) is 3.03. The van der Waals surface area contributed by atoms with Gasteiger partial charge in [0.25, 0.3) is 5.91 Å². The molecule has 1 heterocycles. The van der Waals surface area contributed by atoms with Gasteiger partial charge in [0, 0.05) is 17.5 Å². The number of amides is 1. The van der Waals surface area contributed by atoms with Crippen molar-refractivity contribution in [3.63, 3.8) is 0 Å². The van der Waals surface area contributed by atoms with E-state index >= 15 is 0 Å². The molecule has 0 aliphatic carbocycles. The number of carbonyl (C=O) groups is 1. The van der Waals surface area contributed by atoms with Gasteiger partial charge >= 0.3 is 6.18 Å². The number of methoxy groups -OCH3 is 1. The van der Waals surface area contributed by atoms with E-state index in [0.717, 1.165) is 5.56 Å². The van der Waals surface area contributed by atoms with E-state index in [2.05, 4.69) is 15.0 Å². The zero-order valence-electron chi connectivity index (χ0n) is 12.7. The Bertz CT molecular complexity index is 671. The van der Waals surface area contributed by atoms with Crippen molar-refractivity contribution in [1.29, 1.82) is 0 Å². The molecule has 0 aliphatic rings. The predicted octanol–water partition coefficient (Wildman–Crippen LogP) is 3.13. The normalized spacial score (nSPS) is 11.3. The van der Waals surface area contributed by atoms with Crippen LogP contribution >= 0.6 is 11.3 Å². The molecule has 1 aromatic heterocycles. The lowest BCUT2D eigenvalue weighted by molar-refractivity contribution is -0.173. The summed E-state index contributed by atoms with van der Waals surface area (Å²) in [6, 6.07) is 7.22. The summed E-state index contributed by atoms with van der Waals surface area (Å²) in [4.78, 5) is 16.1. The van der Waals surface area contributed by atoms with Gasteiger partial charge in [-0.15, -0.1) is 11.3 Å². The van der Waals surface area contributed by atoms with E-state index in [1.54, 1.807) is 24.6 Å². The van der Waals surface area contributed by atoms with Crippen LogP contribution in [0.1, 0.15) is 10.5 Å². The summed E-state index contributed by atoms with van der Waals surface area (Å²) in [6.45, 7) is -1.58. The highest BCUT2D eigenvalue weighted by Gasteiger charge is 2.27. The molecule has 0 saturated carbocycles. The number of ether oxygens (including phenoxy) is 2. The van der Waals surface area contributed by atoms with E-state index in [1.165, 1.54) is 11.3 Å². The summed E-state index contributed by atoms with van der Waals surface area (Å²) in [6.07, 6.45) is -4.37. The Balaban J connectivity index is 1.84. The van der Waals surface area contributed by atoms with Crippen molar-refractivity contribution >= 4 is 17.2 Å². The fraction of sp³-hybridized carbons (Fsp3) is 0.333. The summed E-state index contributed by atoms with van der Waals surface area (Å²) in [5, 5.41) is 4.71. The summed E-state index contributed by atoms with van der Waals surface area (Å²) >= 11 is 1.30. The van der Waals surface area contributed by atoms with Gasteiger partial charge in [-0.1, -0.05) is 0 Å². The van der Waals surface area contributed by atoms with Crippen molar-refractivity contribution in [3.05, 3.63) is 35.3 Å². The number of nitrogens with one attached hydrogen (secondary N) is 1. The number of halogens is 3. The number of hydrogen-bond acceptors (Lipinski definition) is 5. The number of alkyl halides is 3. The largest absolute Gasteiger partial charge is 0.497 e. The highest BCUT2D eigenvalue weighted by Crippen LogP contribution is 2.25. The van der Waals surface area contributed by atoms with Gasteiger partial charge in [0.1, 0.15) is 23.1 Å². The van der Waals surface area contributed by atoms with Crippen LogP contribution < -0.4 is 10.1 Å². The van der Waals surface area contributed by atoms with E-state index in [9.17, 15) is 18.0 Å². The minimum absolute atomic E-state index is 0.0235.